The van der Waals surface area contributed by atoms with Gasteiger partial charge in [-0.15, -0.1) is 0 Å². The molecule has 2 rings (SSSR count). The summed E-state index contributed by atoms with van der Waals surface area (Å²) in [6.07, 6.45) is 5.26. The van der Waals surface area contributed by atoms with E-state index in [1.165, 1.54) is 19.3 Å². The number of aliphatic hydroxyl groups excluding tert-OH is 1. The molecule has 2 N–H and O–H groups in total. The number of nitrogens with zero attached hydrogens (tertiary/aromatic N) is 1. The number of nitriles is 1. The number of aliphatic hydroxyl groups is 1. The summed E-state index contributed by atoms with van der Waals surface area (Å²) in [5, 5.41) is 29.8. The number of ether oxygens (including phenoxy) is 2. The van der Waals surface area contributed by atoms with E-state index in [0.717, 1.165) is 0 Å². The number of hydrogen-bond acceptors (Lipinski definition) is 6. The lowest BCUT2D eigenvalue weighted by molar-refractivity contribution is -0.119. The minimum Gasteiger partial charge on any atom is -0.507 e. The fraction of sp³-hybridized carbons (Fsp3) is 0.333. The largest absolute Gasteiger partial charge is 0.507 e. The van der Waals surface area contributed by atoms with Crippen LogP contribution in [0.5, 0.6) is 11.5 Å². The Morgan fingerprint density at radius 1 is 1.30 bits per heavy atom. The summed E-state index contributed by atoms with van der Waals surface area (Å²) in [4.78, 5) is 12.1. The molecule has 0 bridgehead atoms. The number of carbonyl (C=O) groups excluding carboxylic acids is 1. The molecule has 1 heterocycles. The zero-order chi connectivity index (χ0) is 20.0. The third-order valence-corrected chi connectivity index (χ3v) is 4.24. The van der Waals surface area contributed by atoms with Crippen LogP contribution in [0.4, 0.5) is 0 Å². The molecule has 0 amide bonds. The van der Waals surface area contributed by atoms with E-state index < -0.39 is 17.8 Å². The lowest BCUT2D eigenvalue weighted by atomic mass is 9.95. The van der Waals surface area contributed by atoms with Crippen LogP contribution >= 0.6 is 0 Å². The van der Waals surface area contributed by atoms with E-state index in [4.69, 9.17) is 9.47 Å². The van der Waals surface area contributed by atoms with Crippen molar-refractivity contribution in [3.05, 3.63) is 48.1 Å². The summed E-state index contributed by atoms with van der Waals surface area (Å²) in [7, 11) is 1.49. The number of benzene rings is 1. The molecule has 3 atom stereocenters. The molecule has 142 valence electrons. The van der Waals surface area contributed by atoms with Crippen molar-refractivity contribution in [2.75, 3.05) is 7.11 Å². The summed E-state index contributed by atoms with van der Waals surface area (Å²) >= 11 is 0. The lowest BCUT2D eigenvalue weighted by Gasteiger charge is -2.19. The highest BCUT2D eigenvalue weighted by atomic mass is 16.5. The molecule has 1 aliphatic rings. The van der Waals surface area contributed by atoms with E-state index in [2.05, 4.69) is 6.58 Å². The van der Waals surface area contributed by atoms with Gasteiger partial charge in [-0.3, -0.25) is 4.79 Å². The van der Waals surface area contributed by atoms with Crippen LogP contribution in [0.25, 0.3) is 11.8 Å². The number of phenols is 1. The van der Waals surface area contributed by atoms with Crippen molar-refractivity contribution in [2.45, 2.75) is 32.0 Å². The van der Waals surface area contributed by atoms with E-state index in [1.54, 1.807) is 31.2 Å². The van der Waals surface area contributed by atoms with E-state index >= 15 is 0 Å². The highest BCUT2D eigenvalue weighted by molar-refractivity contribution is 5.94. The number of carbonyl (C=O) groups is 1. The first-order valence-corrected chi connectivity index (χ1v) is 8.59. The van der Waals surface area contributed by atoms with Crippen molar-refractivity contribution >= 4 is 17.6 Å². The molecule has 0 saturated carbocycles. The normalized spacial score (nSPS) is 26.1. The lowest BCUT2D eigenvalue weighted by Crippen LogP contribution is -2.25. The van der Waals surface area contributed by atoms with E-state index in [1.807, 2.05) is 6.07 Å². The first-order valence-electron chi connectivity index (χ1n) is 8.59. The Bertz CT molecular complexity index is 819. The van der Waals surface area contributed by atoms with Crippen molar-refractivity contribution in [2.24, 2.45) is 5.92 Å². The average molecular weight is 369 g/mol. The molecule has 0 spiro atoms. The zero-order valence-electron chi connectivity index (χ0n) is 15.4. The Hall–Kier alpha value is -3.04. The third kappa shape index (κ3) is 4.99. The minimum absolute atomic E-state index is 0.0422. The monoisotopic (exact) mass is 369 g/mol. The van der Waals surface area contributed by atoms with Gasteiger partial charge >= 0.3 is 0 Å². The van der Waals surface area contributed by atoms with Gasteiger partial charge in [0, 0.05) is 12.5 Å². The van der Waals surface area contributed by atoms with Crippen LogP contribution in [0.15, 0.2) is 36.9 Å². The smallest absolute Gasteiger partial charge is 0.175 e. The molecule has 0 aliphatic carbocycles. The molecular formula is C21H23NO5. The van der Waals surface area contributed by atoms with E-state index in [9.17, 15) is 20.3 Å². The summed E-state index contributed by atoms with van der Waals surface area (Å²) in [5.74, 6) is -0.889. The van der Waals surface area contributed by atoms with Gasteiger partial charge in [0.2, 0.25) is 0 Å². The van der Waals surface area contributed by atoms with E-state index in [-0.39, 0.29) is 24.0 Å². The van der Waals surface area contributed by atoms with Gasteiger partial charge < -0.3 is 19.7 Å². The molecule has 6 heteroatoms. The molecule has 1 aromatic rings. The molecule has 0 aromatic heterocycles. The second-order valence-electron chi connectivity index (χ2n) is 6.32. The summed E-state index contributed by atoms with van der Waals surface area (Å²) < 4.78 is 11.0. The summed E-state index contributed by atoms with van der Waals surface area (Å²) in [5.41, 5.74) is 1.01. The number of aromatic hydroxyl groups is 1. The maximum absolute atomic E-state index is 12.1. The highest BCUT2D eigenvalue weighted by Gasteiger charge is 2.24. The SMILES string of the molecule is C=C1O[C@H](C)C/C=C\C(=O)[C@@H](C#N)C(O)C/C=C/c2cc(OC)cc(O)c21. The molecule has 27 heavy (non-hydrogen) atoms. The Kier molecular flexibility index (Phi) is 6.80. The average Bonchev–Trinajstić information content (AvgIpc) is 2.60. The number of hydrogen-bond donors (Lipinski definition) is 2. The van der Waals surface area contributed by atoms with Crippen LogP contribution < -0.4 is 4.74 Å². The Morgan fingerprint density at radius 2 is 2.00 bits per heavy atom. The van der Waals surface area contributed by atoms with Crippen molar-refractivity contribution in [3.63, 3.8) is 0 Å². The summed E-state index contributed by atoms with van der Waals surface area (Å²) in [6.45, 7) is 5.71. The van der Waals surface area contributed by atoms with Gasteiger partial charge in [0.15, 0.2) is 5.78 Å². The molecule has 1 aromatic carbocycles. The highest BCUT2D eigenvalue weighted by Crippen LogP contribution is 2.35. The minimum atomic E-state index is -1.14. The molecule has 0 fully saturated rings. The number of ketones is 1. The van der Waals surface area contributed by atoms with Crippen LogP contribution in [0.1, 0.15) is 30.9 Å². The second kappa shape index (κ2) is 9.06. The number of phenolic OH excluding ortho intramolecular Hbond substituents is 1. The van der Waals surface area contributed by atoms with Crippen LogP contribution in [0.2, 0.25) is 0 Å². The molecular weight excluding hydrogens is 346 g/mol. The van der Waals surface area contributed by atoms with Gasteiger partial charge in [-0.1, -0.05) is 24.8 Å². The predicted molar refractivity (Wildman–Crippen MR) is 102 cm³/mol. The van der Waals surface area contributed by atoms with Gasteiger partial charge in [0.25, 0.3) is 0 Å². The molecule has 1 unspecified atom stereocenters. The fourth-order valence-electron chi connectivity index (χ4n) is 2.81. The molecule has 0 saturated heterocycles. The number of fused-ring (bicyclic) bond motifs is 1. The van der Waals surface area contributed by atoms with Crippen molar-refractivity contribution < 1.29 is 24.5 Å². The third-order valence-electron chi connectivity index (χ3n) is 4.24. The van der Waals surface area contributed by atoms with Gasteiger partial charge in [-0.05, 0) is 31.1 Å². The van der Waals surface area contributed by atoms with Crippen LogP contribution in [0, 0.1) is 17.2 Å². The van der Waals surface area contributed by atoms with Crippen LogP contribution in [-0.2, 0) is 9.53 Å². The van der Waals surface area contributed by atoms with Crippen molar-refractivity contribution in [1.29, 1.82) is 5.26 Å². The molecule has 6 nitrogen and oxygen atoms in total. The zero-order valence-corrected chi connectivity index (χ0v) is 15.4. The molecule has 1 aliphatic heterocycles. The van der Waals surface area contributed by atoms with Crippen LogP contribution in [-0.4, -0.2) is 35.3 Å². The first-order chi connectivity index (χ1) is 12.9. The first kappa shape index (κ1) is 20.3. The Balaban J connectivity index is 2.48. The Morgan fingerprint density at radius 3 is 2.67 bits per heavy atom. The number of methoxy groups -OCH3 is 1. The quantitative estimate of drug-likeness (QED) is 0.788. The van der Waals surface area contributed by atoms with Crippen LogP contribution in [0.3, 0.4) is 0 Å². The van der Waals surface area contributed by atoms with Gasteiger partial charge in [0.05, 0.1) is 31.0 Å². The van der Waals surface area contributed by atoms with Gasteiger partial charge in [-0.25, -0.2) is 0 Å². The fourth-order valence-corrected chi connectivity index (χ4v) is 2.81. The predicted octanol–water partition coefficient (Wildman–Crippen LogP) is 3.21. The van der Waals surface area contributed by atoms with Crippen molar-refractivity contribution in [1.82, 2.24) is 0 Å². The number of rotatable bonds is 1. The Labute approximate surface area is 158 Å². The number of allylic oxidation sites excluding steroid dienone is 1. The summed E-state index contributed by atoms with van der Waals surface area (Å²) in [6, 6.07) is 5.03. The van der Waals surface area contributed by atoms with Crippen molar-refractivity contribution in [3.8, 4) is 17.6 Å². The maximum atomic E-state index is 12.1. The van der Waals surface area contributed by atoms with Gasteiger partial charge in [0.1, 0.15) is 23.2 Å². The van der Waals surface area contributed by atoms with Gasteiger partial charge in [-0.2, -0.15) is 5.26 Å². The standard InChI is InChI=1S/C21H23NO5/c1-13-6-4-8-18(23)17(12-22)19(24)9-5-7-15-10-16(26-3)11-20(25)21(15)14(2)27-13/h4-5,7-8,10-11,13,17,19,24-25H,2,6,9H2,1,3H3/b7-5+,8-4-/t13-,17-,19?/m1/s1. The maximum Gasteiger partial charge on any atom is 0.175 e. The molecule has 0 radical (unpaired) electrons. The second-order valence-corrected chi connectivity index (χ2v) is 6.32. The van der Waals surface area contributed by atoms with E-state index in [0.29, 0.717) is 23.3 Å². The topological polar surface area (TPSA) is 99.8 Å².